The lowest BCUT2D eigenvalue weighted by atomic mass is 10.0. The fourth-order valence-electron chi connectivity index (χ4n) is 2.42. The second kappa shape index (κ2) is 5.95. The molecule has 0 aliphatic carbocycles. The van der Waals surface area contributed by atoms with Crippen LogP contribution in [0.25, 0.3) is 0 Å². The zero-order valence-corrected chi connectivity index (χ0v) is 12.1. The number of benzene rings is 2. The Kier molecular flexibility index (Phi) is 4.03. The van der Waals surface area contributed by atoms with Crippen molar-refractivity contribution >= 4 is 10.8 Å². The molecule has 5 heteroatoms. The number of hydrogen-bond acceptors (Lipinski definition) is 3. The summed E-state index contributed by atoms with van der Waals surface area (Å²) < 4.78 is 32.1. The molecule has 1 heterocycles. The second-order valence-corrected chi connectivity index (χ2v) is 6.38. The van der Waals surface area contributed by atoms with Crippen molar-refractivity contribution in [3.05, 3.63) is 53.8 Å². The van der Waals surface area contributed by atoms with Crippen LogP contribution in [0.1, 0.15) is 12.0 Å². The molecular weight excluding hydrogens is 291 g/mol. The van der Waals surface area contributed by atoms with Crippen LogP contribution in [-0.4, -0.2) is 22.0 Å². The third-order valence-corrected chi connectivity index (χ3v) is 4.88. The summed E-state index contributed by atoms with van der Waals surface area (Å²) in [5.41, 5.74) is 0.707. The van der Waals surface area contributed by atoms with E-state index in [4.69, 9.17) is 4.74 Å². The number of fused-ring (bicyclic) bond motifs is 1. The van der Waals surface area contributed by atoms with Crippen molar-refractivity contribution in [2.24, 2.45) is 0 Å². The first-order chi connectivity index (χ1) is 10.2. The van der Waals surface area contributed by atoms with Gasteiger partial charge in [0.05, 0.1) is 22.3 Å². The maximum atomic E-state index is 13.8. The van der Waals surface area contributed by atoms with Gasteiger partial charge < -0.3 is 9.84 Å². The fourth-order valence-corrected chi connectivity index (χ4v) is 3.65. The highest BCUT2D eigenvalue weighted by atomic mass is 32.2. The fraction of sp³-hybridized carbons (Fsp3) is 0.250. The number of halogens is 1. The molecule has 2 unspecified atom stereocenters. The van der Waals surface area contributed by atoms with Crippen LogP contribution < -0.4 is 4.74 Å². The van der Waals surface area contributed by atoms with Gasteiger partial charge in [0.2, 0.25) is 0 Å². The van der Waals surface area contributed by atoms with Gasteiger partial charge in [-0.05, 0) is 42.7 Å². The molecule has 0 saturated carbocycles. The Labute approximate surface area is 124 Å². The van der Waals surface area contributed by atoms with E-state index >= 15 is 0 Å². The molecule has 2 atom stereocenters. The van der Waals surface area contributed by atoms with E-state index in [0.717, 1.165) is 0 Å². The van der Waals surface area contributed by atoms with E-state index in [0.29, 0.717) is 33.9 Å². The molecule has 2 aromatic rings. The average molecular weight is 306 g/mol. The number of aliphatic hydroxyl groups excluding tert-OH is 1. The highest BCUT2D eigenvalue weighted by Gasteiger charge is 2.25. The quantitative estimate of drug-likeness (QED) is 0.948. The smallest absolute Gasteiger partial charge is 0.139 e. The number of ether oxygens (including phenoxy) is 1. The number of rotatable bonds is 3. The van der Waals surface area contributed by atoms with E-state index < -0.39 is 16.6 Å². The largest absolute Gasteiger partial charge is 0.486 e. The molecule has 3 rings (SSSR count). The summed E-state index contributed by atoms with van der Waals surface area (Å²) in [7, 11) is -1.51. The molecule has 1 aliphatic rings. The van der Waals surface area contributed by atoms with Crippen molar-refractivity contribution < 1.29 is 18.4 Å². The normalized spacial score (nSPS) is 18.7. The van der Waals surface area contributed by atoms with Crippen molar-refractivity contribution in [3.63, 3.8) is 0 Å². The van der Waals surface area contributed by atoms with Gasteiger partial charge in [-0.3, -0.25) is 0 Å². The van der Waals surface area contributed by atoms with Gasteiger partial charge in [-0.1, -0.05) is 18.2 Å². The number of hydrogen-bond donors (Lipinski definition) is 1. The van der Waals surface area contributed by atoms with Gasteiger partial charge in [-0.15, -0.1) is 0 Å². The molecule has 2 aromatic carbocycles. The molecule has 3 nitrogen and oxygen atoms in total. The van der Waals surface area contributed by atoms with E-state index in [-0.39, 0.29) is 12.7 Å². The molecule has 1 N–H and O–H groups in total. The Bertz CT molecular complexity index is 673. The van der Waals surface area contributed by atoms with Gasteiger partial charge in [0.1, 0.15) is 17.7 Å². The molecule has 0 amide bonds. The minimum atomic E-state index is -1.51. The first kappa shape index (κ1) is 14.2. The van der Waals surface area contributed by atoms with E-state index in [1.54, 1.807) is 24.3 Å². The van der Waals surface area contributed by atoms with Crippen LogP contribution >= 0.6 is 0 Å². The van der Waals surface area contributed by atoms with Crippen LogP contribution in [-0.2, 0) is 17.2 Å². The number of aliphatic hydroxyl groups is 1. The summed E-state index contributed by atoms with van der Waals surface area (Å²) in [6.07, 6.45) is 0.913. The molecule has 0 aromatic heterocycles. The van der Waals surface area contributed by atoms with E-state index in [1.807, 2.05) is 6.07 Å². The average Bonchev–Trinajstić information content (AvgIpc) is 2.53. The minimum absolute atomic E-state index is 0.103. The summed E-state index contributed by atoms with van der Waals surface area (Å²) in [6.45, 7) is -0.103. The van der Waals surface area contributed by atoms with Gasteiger partial charge in [0, 0.05) is 4.90 Å². The zero-order chi connectivity index (χ0) is 14.8. The van der Waals surface area contributed by atoms with Crippen molar-refractivity contribution in [2.75, 3.05) is 6.61 Å². The molecule has 0 bridgehead atoms. The summed E-state index contributed by atoms with van der Waals surface area (Å²) in [4.78, 5) is 0.925. The molecule has 0 spiro atoms. The molecule has 0 fully saturated rings. The molecule has 110 valence electrons. The van der Waals surface area contributed by atoms with Crippen LogP contribution in [0.5, 0.6) is 5.75 Å². The lowest BCUT2D eigenvalue weighted by Crippen LogP contribution is -2.27. The summed E-state index contributed by atoms with van der Waals surface area (Å²) in [5.74, 6) is 0.0305. The van der Waals surface area contributed by atoms with Gasteiger partial charge in [0.25, 0.3) is 0 Å². The Balaban J connectivity index is 2.06. The van der Waals surface area contributed by atoms with Crippen LogP contribution in [0.15, 0.2) is 52.3 Å². The van der Waals surface area contributed by atoms with Gasteiger partial charge in [-0.25, -0.2) is 8.60 Å². The first-order valence-corrected chi connectivity index (χ1v) is 7.91. The first-order valence-electron chi connectivity index (χ1n) is 6.76. The van der Waals surface area contributed by atoms with E-state index in [9.17, 15) is 13.7 Å². The Morgan fingerprint density at radius 1 is 1.29 bits per heavy atom. The predicted molar refractivity (Wildman–Crippen MR) is 77.3 cm³/mol. The molecule has 1 aliphatic heterocycles. The Morgan fingerprint density at radius 2 is 2.05 bits per heavy atom. The van der Waals surface area contributed by atoms with Gasteiger partial charge >= 0.3 is 0 Å². The van der Waals surface area contributed by atoms with Crippen LogP contribution in [0.4, 0.5) is 4.39 Å². The van der Waals surface area contributed by atoms with Crippen LogP contribution in [0.3, 0.4) is 0 Å². The third kappa shape index (κ3) is 2.84. The molecule has 0 saturated heterocycles. The summed E-state index contributed by atoms with van der Waals surface area (Å²) >= 11 is 0. The topological polar surface area (TPSA) is 46.5 Å². The van der Waals surface area contributed by atoms with Crippen LogP contribution in [0, 0.1) is 5.82 Å². The second-order valence-electron chi connectivity index (χ2n) is 4.94. The zero-order valence-electron chi connectivity index (χ0n) is 11.3. The summed E-state index contributed by atoms with van der Waals surface area (Å²) in [5, 5.41) is 9.24. The van der Waals surface area contributed by atoms with Crippen molar-refractivity contribution in [1.82, 2.24) is 0 Å². The maximum Gasteiger partial charge on any atom is 0.139 e. The number of aryl methyl sites for hydroxylation is 1. The standard InChI is InChI=1S/C16H15FO3S/c17-12-8-11-6-7-13(10-18)20-16(11)15(9-12)21(19)14-4-2-1-3-5-14/h1-5,8-9,13,18H,6-7,10H2. The summed E-state index contributed by atoms with van der Waals surface area (Å²) in [6, 6.07) is 11.5. The Hall–Kier alpha value is -1.72. The van der Waals surface area contributed by atoms with Gasteiger partial charge in [-0.2, -0.15) is 0 Å². The van der Waals surface area contributed by atoms with Crippen molar-refractivity contribution in [3.8, 4) is 5.75 Å². The monoisotopic (exact) mass is 306 g/mol. The molecule has 21 heavy (non-hydrogen) atoms. The van der Waals surface area contributed by atoms with Gasteiger partial charge in [0.15, 0.2) is 0 Å². The van der Waals surface area contributed by atoms with Crippen molar-refractivity contribution in [2.45, 2.75) is 28.7 Å². The van der Waals surface area contributed by atoms with E-state index in [1.165, 1.54) is 12.1 Å². The Morgan fingerprint density at radius 3 is 2.76 bits per heavy atom. The lowest BCUT2D eigenvalue weighted by molar-refractivity contribution is 0.0946. The van der Waals surface area contributed by atoms with Crippen molar-refractivity contribution in [1.29, 1.82) is 0 Å². The SMILES string of the molecule is O=S(c1ccccc1)c1cc(F)cc2c1OC(CO)CC2. The predicted octanol–water partition coefficient (Wildman–Crippen LogP) is 2.68. The van der Waals surface area contributed by atoms with Crippen LogP contribution in [0.2, 0.25) is 0 Å². The highest BCUT2D eigenvalue weighted by molar-refractivity contribution is 7.85. The highest BCUT2D eigenvalue weighted by Crippen LogP contribution is 2.36. The molecule has 0 radical (unpaired) electrons. The lowest BCUT2D eigenvalue weighted by Gasteiger charge is -2.26. The third-order valence-electron chi connectivity index (χ3n) is 3.48. The minimum Gasteiger partial charge on any atom is -0.486 e. The van der Waals surface area contributed by atoms with E-state index in [2.05, 4.69) is 0 Å². The maximum absolute atomic E-state index is 13.8. The molecular formula is C16H15FO3S.